The van der Waals surface area contributed by atoms with Crippen molar-refractivity contribution in [3.63, 3.8) is 0 Å². The first-order chi connectivity index (χ1) is 12.2. The maximum Gasteiger partial charge on any atom is 0.325 e. The smallest absolute Gasteiger partial charge is 0.325 e. The van der Waals surface area contributed by atoms with Gasteiger partial charge in [-0.05, 0) is 17.7 Å². The molecule has 1 heterocycles. The second-order valence-electron chi connectivity index (χ2n) is 5.16. The summed E-state index contributed by atoms with van der Waals surface area (Å²) in [6, 6.07) is 16.7. The Balaban J connectivity index is 1.38. The molecular formula is C18H16N2O4S. The quantitative estimate of drug-likeness (QED) is 0.518. The molecule has 0 saturated carbocycles. The first kappa shape index (κ1) is 17.0. The van der Waals surface area contributed by atoms with Crippen molar-refractivity contribution in [1.82, 2.24) is 10.3 Å². The SMILES string of the molecule is O=C(CSc1nc2ccccc2o1)NCC(=O)OCc1ccccc1. The summed E-state index contributed by atoms with van der Waals surface area (Å²) in [4.78, 5) is 27.7. The standard InChI is InChI=1S/C18H16N2O4S/c21-16(12-25-18-20-14-8-4-5-9-15(14)24-18)19-10-17(22)23-11-13-6-2-1-3-7-13/h1-9H,10-12H2,(H,19,21). The molecule has 3 aromatic rings. The number of carbonyl (C=O) groups excluding carboxylic acids is 2. The minimum atomic E-state index is -0.482. The molecule has 1 aromatic heterocycles. The van der Waals surface area contributed by atoms with Gasteiger partial charge in [0.05, 0.1) is 5.75 Å². The van der Waals surface area contributed by atoms with E-state index in [2.05, 4.69) is 10.3 Å². The predicted octanol–water partition coefficient (Wildman–Crippen LogP) is 2.78. The fraction of sp³-hybridized carbons (Fsp3) is 0.167. The first-order valence-corrected chi connectivity index (χ1v) is 8.64. The fourth-order valence-corrected chi connectivity index (χ4v) is 2.72. The third kappa shape index (κ3) is 5.09. The van der Waals surface area contributed by atoms with E-state index >= 15 is 0 Å². The number of para-hydroxylation sites is 2. The number of aromatic nitrogens is 1. The van der Waals surface area contributed by atoms with Gasteiger partial charge in [-0.1, -0.05) is 54.2 Å². The molecular weight excluding hydrogens is 340 g/mol. The molecule has 0 aliphatic carbocycles. The van der Waals surface area contributed by atoms with Crippen LogP contribution >= 0.6 is 11.8 Å². The molecule has 0 radical (unpaired) electrons. The Morgan fingerprint density at radius 2 is 1.84 bits per heavy atom. The molecule has 128 valence electrons. The van der Waals surface area contributed by atoms with Gasteiger partial charge in [-0.25, -0.2) is 4.98 Å². The molecule has 3 rings (SSSR count). The molecule has 7 heteroatoms. The molecule has 1 N–H and O–H groups in total. The normalized spacial score (nSPS) is 10.6. The van der Waals surface area contributed by atoms with Crippen molar-refractivity contribution in [3.8, 4) is 0 Å². The van der Waals surface area contributed by atoms with Crippen molar-refractivity contribution < 1.29 is 18.7 Å². The van der Waals surface area contributed by atoms with Crippen molar-refractivity contribution >= 4 is 34.7 Å². The topological polar surface area (TPSA) is 81.4 Å². The van der Waals surface area contributed by atoms with Crippen LogP contribution in [0.3, 0.4) is 0 Å². The van der Waals surface area contributed by atoms with Crippen LogP contribution in [-0.2, 0) is 20.9 Å². The Morgan fingerprint density at radius 3 is 2.64 bits per heavy atom. The van der Waals surface area contributed by atoms with Crippen LogP contribution in [-0.4, -0.2) is 29.2 Å². The number of thioether (sulfide) groups is 1. The number of ether oxygens (including phenoxy) is 1. The highest BCUT2D eigenvalue weighted by Gasteiger charge is 2.10. The van der Waals surface area contributed by atoms with E-state index in [4.69, 9.17) is 9.15 Å². The summed E-state index contributed by atoms with van der Waals surface area (Å²) in [7, 11) is 0. The second kappa shape index (κ2) is 8.34. The summed E-state index contributed by atoms with van der Waals surface area (Å²) in [6.45, 7) is 0.0208. The maximum atomic E-state index is 11.8. The Bertz CT molecular complexity index is 831. The Labute approximate surface area is 148 Å². The van der Waals surface area contributed by atoms with Gasteiger partial charge in [-0.2, -0.15) is 0 Å². The van der Waals surface area contributed by atoms with Crippen LogP contribution in [0.2, 0.25) is 0 Å². The van der Waals surface area contributed by atoms with E-state index in [0.717, 1.165) is 11.1 Å². The van der Waals surface area contributed by atoms with E-state index in [0.29, 0.717) is 10.8 Å². The largest absolute Gasteiger partial charge is 0.460 e. The number of hydrogen-bond donors (Lipinski definition) is 1. The molecule has 2 aromatic carbocycles. The van der Waals surface area contributed by atoms with E-state index in [1.54, 1.807) is 0 Å². The summed E-state index contributed by atoms with van der Waals surface area (Å²) in [6.07, 6.45) is 0. The number of carbonyl (C=O) groups is 2. The highest BCUT2D eigenvalue weighted by molar-refractivity contribution is 7.99. The lowest BCUT2D eigenvalue weighted by molar-refractivity contribution is -0.145. The average molecular weight is 356 g/mol. The van der Waals surface area contributed by atoms with Crippen LogP contribution in [0, 0.1) is 0 Å². The molecule has 0 unspecified atom stereocenters. The van der Waals surface area contributed by atoms with Crippen LogP contribution in [0.5, 0.6) is 0 Å². The lowest BCUT2D eigenvalue weighted by Gasteiger charge is -2.06. The van der Waals surface area contributed by atoms with Crippen LogP contribution in [0.25, 0.3) is 11.1 Å². The fourth-order valence-electron chi connectivity index (χ4n) is 2.05. The highest BCUT2D eigenvalue weighted by Crippen LogP contribution is 2.22. The van der Waals surface area contributed by atoms with Gasteiger partial charge in [0.1, 0.15) is 18.7 Å². The monoisotopic (exact) mass is 356 g/mol. The van der Waals surface area contributed by atoms with Gasteiger partial charge >= 0.3 is 5.97 Å². The second-order valence-corrected chi connectivity index (χ2v) is 6.09. The summed E-state index contributed by atoms with van der Waals surface area (Å²) in [5, 5.41) is 2.94. The molecule has 0 fully saturated rings. The Kier molecular flexibility index (Phi) is 5.69. The molecule has 0 saturated heterocycles. The van der Waals surface area contributed by atoms with E-state index in [9.17, 15) is 9.59 Å². The maximum absolute atomic E-state index is 11.8. The van der Waals surface area contributed by atoms with Gasteiger partial charge in [-0.3, -0.25) is 9.59 Å². The van der Waals surface area contributed by atoms with E-state index in [1.807, 2.05) is 54.6 Å². The van der Waals surface area contributed by atoms with Crippen molar-refractivity contribution in [3.05, 3.63) is 60.2 Å². The number of amides is 1. The third-order valence-electron chi connectivity index (χ3n) is 3.27. The van der Waals surface area contributed by atoms with Gasteiger partial charge in [0.2, 0.25) is 5.91 Å². The van der Waals surface area contributed by atoms with Gasteiger partial charge in [-0.15, -0.1) is 0 Å². The van der Waals surface area contributed by atoms with Crippen molar-refractivity contribution in [2.75, 3.05) is 12.3 Å². The summed E-state index contributed by atoms with van der Waals surface area (Å²) < 4.78 is 10.6. The Hall–Kier alpha value is -2.80. The lowest BCUT2D eigenvalue weighted by atomic mass is 10.2. The minimum Gasteiger partial charge on any atom is -0.460 e. The first-order valence-electron chi connectivity index (χ1n) is 7.65. The number of nitrogens with one attached hydrogen (secondary N) is 1. The number of benzene rings is 2. The van der Waals surface area contributed by atoms with Crippen molar-refractivity contribution in [2.45, 2.75) is 11.8 Å². The minimum absolute atomic E-state index is 0.110. The zero-order valence-electron chi connectivity index (χ0n) is 13.3. The molecule has 0 bridgehead atoms. The number of hydrogen-bond acceptors (Lipinski definition) is 6. The van der Waals surface area contributed by atoms with Crippen LogP contribution in [0.4, 0.5) is 0 Å². The number of rotatable bonds is 7. The third-order valence-corrected chi connectivity index (χ3v) is 4.10. The summed E-state index contributed by atoms with van der Waals surface area (Å²) in [5.41, 5.74) is 2.32. The van der Waals surface area contributed by atoms with E-state index in [1.165, 1.54) is 11.8 Å². The number of nitrogens with zero attached hydrogens (tertiary/aromatic N) is 1. The summed E-state index contributed by atoms with van der Waals surface area (Å²) in [5.74, 6) is -0.660. The van der Waals surface area contributed by atoms with Crippen LogP contribution in [0.1, 0.15) is 5.56 Å². The van der Waals surface area contributed by atoms with E-state index in [-0.39, 0.29) is 24.8 Å². The molecule has 0 spiro atoms. The number of oxazole rings is 1. The van der Waals surface area contributed by atoms with Gasteiger partial charge < -0.3 is 14.5 Å². The molecule has 25 heavy (non-hydrogen) atoms. The Morgan fingerprint density at radius 1 is 1.08 bits per heavy atom. The van der Waals surface area contributed by atoms with Gasteiger partial charge in [0.25, 0.3) is 5.22 Å². The van der Waals surface area contributed by atoms with E-state index < -0.39 is 5.97 Å². The molecule has 1 amide bonds. The zero-order chi connectivity index (χ0) is 17.5. The zero-order valence-corrected chi connectivity index (χ0v) is 14.1. The van der Waals surface area contributed by atoms with Gasteiger partial charge in [0, 0.05) is 0 Å². The molecule has 0 aliphatic rings. The molecule has 6 nitrogen and oxygen atoms in total. The summed E-state index contributed by atoms with van der Waals surface area (Å²) >= 11 is 1.17. The molecule has 0 atom stereocenters. The lowest BCUT2D eigenvalue weighted by Crippen LogP contribution is -2.31. The van der Waals surface area contributed by atoms with Crippen molar-refractivity contribution in [2.24, 2.45) is 0 Å². The average Bonchev–Trinajstić information content (AvgIpc) is 3.07. The number of fused-ring (bicyclic) bond motifs is 1. The van der Waals surface area contributed by atoms with Gasteiger partial charge in [0.15, 0.2) is 5.58 Å². The predicted molar refractivity (Wildman–Crippen MR) is 94.0 cm³/mol. The molecule has 0 aliphatic heterocycles. The van der Waals surface area contributed by atoms with Crippen LogP contribution < -0.4 is 5.32 Å². The van der Waals surface area contributed by atoms with Crippen molar-refractivity contribution in [1.29, 1.82) is 0 Å². The number of esters is 1. The highest BCUT2D eigenvalue weighted by atomic mass is 32.2. The van der Waals surface area contributed by atoms with Crippen LogP contribution in [0.15, 0.2) is 64.2 Å².